The van der Waals surface area contributed by atoms with Gasteiger partial charge in [0.1, 0.15) is 6.23 Å². The van der Waals surface area contributed by atoms with E-state index >= 15 is 0 Å². The molecule has 3 heteroatoms. The molecule has 80 valence electrons. The van der Waals surface area contributed by atoms with E-state index in [0.29, 0.717) is 13.0 Å². The standard InChI is InChI=1S/C10H23NO2/c1-4-11(13)10(12)8-6-5-7-9(2)3/h9-10,12-13H,4-8H2,1-3H3. The summed E-state index contributed by atoms with van der Waals surface area (Å²) in [6, 6.07) is 0. The van der Waals surface area contributed by atoms with E-state index in [1.807, 2.05) is 6.92 Å². The number of unbranched alkanes of at least 4 members (excludes halogenated alkanes) is 1. The van der Waals surface area contributed by atoms with Gasteiger partial charge in [0.2, 0.25) is 0 Å². The van der Waals surface area contributed by atoms with Crippen LogP contribution in [0.1, 0.15) is 46.5 Å². The summed E-state index contributed by atoms with van der Waals surface area (Å²) in [5.41, 5.74) is 0. The van der Waals surface area contributed by atoms with Crippen molar-refractivity contribution in [1.29, 1.82) is 0 Å². The van der Waals surface area contributed by atoms with Gasteiger partial charge in [-0.15, -0.1) is 0 Å². The van der Waals surface area contributed by atoms with Crippen molar-refractivity contribution < 1.29 is 10.3 Å². The van der Waals surface area contributed by atoms with E-state index in [0.717, 1.165) is 23.8 Å². The fourth-order valence-corrected chi connectivity index (χ4v) is 1.24. The third kappa shape index (κ3) is 6.99. The van der Waals surface area contributed by atoms with Gasteiger partial charge < -0.3 is 10.3 Å². The molecule has 13 heavy (non-hydrogen) atoms. The molecule has 2 N–H and O–H groups in total. The van der Waals surface area contributed by atoms with Crippen LogP contribution in [0.15, 0.2) is 0 Å². The molecule has 1 unspecified atom stereocenters. The lowest BCUT2D eigenvalue weighted by Gasteiger charge is -2.19. The molecule has 0 bridgehead atoms. The second-order valence-electron chi connectivity index (χ2n) is 3.91. The van der Waals surface area contributed by atoms with Crippen molar-refractivity contribution in [2.75, 3.05) is 6.54 Å². The van der Waals surface area contributed by atoms with Crippen LogP contribution in [0.25, 0.3) is 0 Å². The summed E-state index contributed by atoms with van der Waals surface area (Å²) in [5.74, 6) is 0.730. The normalized spacial score (nSPS) is 14.1. The molecule has 0 heterocycles. The molecule has 0 amide bonds. The Balaban J connectivity index is 3.31. The Morgan fingerprint density at radius 1 is 1.15 bits per heavy atom. The van der Waals surface area contributed by atoms with E-state index in [9.17, 15) is 5.11 Å². The summed E-state index contributed by atoms with van der Waals surface area (Å²) in [6.07, 6.45) is 3.29. The van der Waals surface area contributed by atoms with Crippen molar-refractivity contribution in [1.82, 2.24) is 5.06 Å². The highest BCUT2D eigenvalue weighted by atomic mass is 16.5. The average molecular weight is 189 g/mol. The summed E-state index contributed by atoms with van der Waals surface area (Å²) in [6.45, 7) is 6.68. The van der Waals surface area contributed by atoms with Crippen LogP contribution in [0.3, 0.4) is 0 Å². The zero-order valence-electron chi connectivity index (χ0n) is 9.03. The highest BCUT2D eigenvalue weighted by molar-refractivity contribution is 4.53. The number of hydrogen-bond acceptors (Lipinski definition) is 3. The number of hydrogen-bond donors (Lipinski definition) is 2. The van der Waals surface area contributed by atoms with E-state index in [1.165, 1.54) is 6.42 Å². The molecular weight excluding hydrogens is 166 g/mol. The molecule has 0 saturated heterocycles. The van der Waals surface area contributed by atoms with Crippen molar-refractivity contribution in [3.05, 3.63) is 0 Å². The minimum Gasteiger partial charge on any atom is -0.376 e. The number of aliphatic hydroxyl groups is 1. The number of hydroxylamine groups is 2. The monoisotopic (exact) mass is 189 g/mol. The molecule has 0 aliphatic heterocycles. The van der Waals surface area contributed by atoms with Crippen molar-refractivity contribution in [3.63, 3.8) is 0 Å². The van der Waals surface area contributed by atoms with Crippen molar-refractivity contribution >= 4 is 0 Å². The molecule has 0 aromatic rings. The van der Waals surface area contributed by atoms with Gasteiger partial charge >= 0.3 is 0 Å². The largest absolute Gasteiger partial charge is 0.376 e. The molecular formula is C10H23NO2. The number of aliphatic hydroxyl groups excluding tert-OH is 1. The fraction of sp³-hybridized carbons (Fsp3) is 1.00. The smallest absolute Gasteiger partial charge is 0.129 e. The summed E-state index contributed by atoms with van der Waals surface area (Å²) >= 11 is 0. The lowest BCUT2D eigenvalue weighted by Crippen LogP contribution is -2.31. The highest BCUT2D eigenvalue weighted by Gasteiger charge is 2.09. The van der Waals surface area contributed by atoms with Gasteiger partial charge in [0, 0.05) is 6.54 Å². The average Bonchev–Trinajstić information content (AvgIpc) is 2.10. The molecule has 1 atom stereocenters. The Hall–Kier alpha value is -0.120. The second-order valence-corrected chi connectivity index (χ2v) is 3.91. The maximum absolute atomic E-state index is 9.36. The minimum atomic E-state index is -0.683. The minimum absolute atomic E-state index is 0.478. The van der Waals surface area contributed by atoms with Gasteiger partial charge in [-0.2, -0.15) is 5.06 Å². The molecule has 0 aromatic heterocycles. The first kappa shape index (κ1) is 12.9. The molecule has 0 fully saturated rings. The van der Waals surface area contributed by atoms with Crippen LogP contribution in [0, 0.1) is 5.92 Å². The second kappa shape index (κ2) is 7.30. The van der Waals surface area contributed by atoms with Gasteiger partial charge in [0.15, 0.2) is 0 Å². The summed E-state index contributed by atoms with van der Waals surface area (Å²) < 4.78 is 0. The first-order valence-electron chi connectivity index (χ1n) is 5.21. The lowest BCUT2D eigenvalue weighted by molar-refractivity contribution is -0.195. The van der Waals surface area contributed by atoms with Crippen molar-refractivity contribution in [2.45, 2.75) is 52.7 Å². The Labute approximate surface area is 81.3 Å². The van der Waals surface area contributed by atoms with Gasteiger partial charge in [-0.25, -0.2) is 0 Å². The highest BCUT2D eigenvalue weighted by Crippen LogP contribution is 2.10. The Morgan fingerprint density at radius 2 is 1.69 bits per heavy atom. The van der Waals surface area contributed by atoms with E-state index in [1.54, 1.807) is 0 Å². The molecule has 3 nitrogen and oxygen atoms in total. The summed E-state index contributed by atoms with van der Waals surface area (Å²) in [4.78, 5) is 0. The molecule has 0 radical (unpaired) electrons. The maximum atomic E-state index is 9.36. The fourth-order valence-electron chi connectivity index (χ4n) is 1.24. The first-order valence-corrected chi connectivity index (χ1v) is 5.21. The van der Waals surface area contributed by atoms with E-state index in [2.05, 4.69) is 13.8 Å². The third-order valence-electron chi connectivity index (χ3n) is 2.16. The molecule has 0 spiro atoms. The van der Waals surface area contributed by atoms with E-state index in [4.69, 9.17) is 5.21 Å². The van der Waals surface area contributed by atoms with Crippen LogP contribution < -0.4 is 0 Å². The van der Waals surface area contributed by atoms with E-state index in [-0.39, 0.29) is 0 Å². The van der Waals surface area contributed by atoms with Crippen LogP contribution in [0.5, 0.6) is 0 Å². The summed E-state index contributed by atoms with van der Waals surface area (Å²) in [7, 11) is 0. The predicted octanol–water partition coefficient (Wildman–Crippen LogP) is 2.23. The zero-order chi connectivity index (χ0) is 10.3. The SMILES string of the molecule is CCN(O)C(O)CCCCC(C)C. The van der Waals surface area contributed by atoms with Crippen LogP contribution in [-0.2, 0) is 0 Å². The third-order valence-corrected chi connectivity index (χ3v) is 2.16. The molecule has 0 saturated carbocycles. The van der Waals surface area contributed by atoms with Crippen LogP contribution in [0.4, 0.5) is 0 Å². The number of rotatable bonds is 7. The molecule has 0 rings (SSSR count). The van der Waals surface area contributed by atoms with E-state index < -0.39 is 6.23 Å². The molecule has 0 aromatic carbocycles. The zero-order valence-corrected chi connectivity index (χ0v) is 9.03. The van der Waals surface area contributed by atoms with Gasteiger partial charge in [-0.1, -0.05) is 26.7 Å². The van der Waals surface area contributed by atoms with Crippen LogP contribution >= 0.6 is 0 Å². The number of nitrogens with zero attached hydrogens (tertiary/aromatic N) is 1. The lowest BCUT2D eigenvalue weighted by atomic mass is 10.1. The Bertz CT molecular complexity index is 117. The van der Waals surface area contributed by atoms with Crippen molar-refractivity contribution in [3.8, 4) is 0 Å². The topological polar surface area (TPSA) is 43.7 Å². The maximum Gasteiger partial charge on any atom is 0.129 e. The van der Waals surface area contributed by atoms with Crippen molar-refractivity contribution in [2.24, 2.45) is 5.92 Å². The van der Waals surface area contributed by atoms with Gasteiger partial charge in [-0.05, 0) is 25.7 Å². The Kier molecular flexibility index (Phi) is 7.23. The van der Waals surface area contributed by atoms with Crippen LogP contribution in [0.2, 0.25) is 0 Å². The molecule has 0 aliphatic carbocycles. The molecule has 0 aliphatic rings. The first-order chi connectivity index (χ1) is 6.07. The Morgan fingerprint density at radius 3 is 2.15 bits per heavy atom. The van der Waals surface area contributed by atoms with Gasteiger partial charge in [0.05, 0.1) is 0 Å². The quantitative estimate of drug-likeness (QED) is 0.367. The predicted molar refractivity (Wildman–Crippen MR) is 53.5 cm³/mol. The van der Waals surface area contributed by atoms with Gasteiger partial charge in [-0.3, -0.25) is 0 Å². The van der Waals surface area contributed by atoms with Crippen LogP contribution in [-0.4, -0.2) is 28.1 Å². The summed E-state index contributed by atoms with van der Waals surface area (Å²) in [5, 5.41) is 19.5. The van der Waals surface area contributed by atoms with Gasteiger partial charge in [0.25, 0.3) is 0 Å².